The van der Waals surface area contributed by atoms with Crippen molar-refractivity contribution in [2.24, 2.45) is 0 Å². The molecule has 1 saturated heterocycles. The number of amides is 1. The molecule has 0 aliphatic carbocycles. The maximum absolute atomic E-state index is 12.8. The lowest BCUT2D eigenvalue weighted by Crippen LogP contribution is -2.34. The molecule has 1 amide bonds. The van der Waals surface area contributed by atoms with Gasteiger partial charge in [0.1, 0.15) is 12.6 Å². The van der Waals surface area contributed by atoms with Gasteiger partial charge in [0, 0.05) is 24.7 Å². The van der Waals surface area contributed by atoms with Crippen molar-refractivity contribution in [3.63, 3.8) is 0 Å². The maximum Gasteiger partial charge on any atom is 0.249 e. The van der Waals surface area contributed by atoms with E-state index in [-0.39, 0.29) is 25.0 Å². The summed E-state index contributed by atoms with van der Waals surface area (Å²) in [6.07, 6.45) is 1.74. The Kier molecular flexibility index (Phi) is 3.57. The molecule has 0 radical (unpaired) electrons. The summed E-state index contributed by atoms with van der Waals surface area (Å²) in [5.74, 6) is 0.832. The number of benzene rings is 1. The van der Waals surface area contributed by atoms with Crippen molar-refractivity contribution >= 4 is 16.8 Å². The van der Waals surface area contributed by atoms with Crippen molar-refractivity contribution in [3.05, 3.63) is 48.2 Å². The van der Waals surface area contributed by atoms with Gasteiger partial charge in [-0.1, -0.05) is 23.4 Å². The number of para-hydroxylation sites is 1. The number of fused-ring (bicyclic) bond motifs is 1. The fourth-order valence-corrected chi connectivity index (χ4v) is 3.29. The minimum Gasteiger partial charge on any atom is -0.391 e. The predicted octanol–water partition coefficient (Wildman–Crippen LogP) is 1.67. The zero-order chi connectivity index (χ0) is 16.7. The Morgan fingerprint density at radius 3 is 3.00 bits per heavy atom. The van der Waals surface area contributed by atoms with Gasteiger partial charge in [-0.2, -0.15) is 4.98 Å². The summed E-state index contributed by atoms with van der Waals surface area (Å²) in [7, 11) is 0. The van der Waals surface area contributed by atoms with Crippen LogP contribution in [0, 0.1) is 6.92 Å². The number of nitrogens with zero attached hydrogens (tertiary/aromatic N) is 4. The number of likely N-dealkylation sites (tertiary alicyclic amines) is 1. The molecule has 3 heterocycles. The predicted molar refractivity (Wildman–Crippen MR) is 86.1 cm³/mol. The number of aliphatic hydroxyl groups is 1. The van der Waals surface area contributed by atoms with Gasteiger partial charge in [-0.05, 0) is 24.4 Å². The molecule has 1 aromatic carbocycles. The quantitative estimate of drug-likeness (QED) is 0.791. The van der Waals surface area contributed by atoms with Gasteiger partial charge in [0.05, 0.1) is 6.10 Å². The van der Waals surface area contributed by atoms with Crippen LogP contribution >= 0.6 is 0 Å². The molecular formula is C17H18N4O3. The molecule has 0 saturated carbocycles. The van der Waals surface area contributed by atoms with Gasteiger partial charge in [0.25, 0.3) is 0 Å². The minimum absolute atomic E-state index is 0.0752. The summed E-state index contributed by atoms with van der Waals surface area (Å²) >= 11 is 0. The van der Waals surface area contributed by atoms with Crippen LogP contribution < -0.4 is 0 Å². The summed E-state index contributed by atoms with van der Waals surface area (Å²) in [5.41, 5.74) is 1.01. The number of hydrogen-bond donors (Lipinski definition) is 1. The van der Waals surface area contributed by atoms with Gasteiger partial charge in [-0.3, -0.25) is 4.79 Å². The fourth-order valence-electron chi connectivity index (χ4n) is 3.29. The van der Waals surface area contributed by atoms with Gasteiger partial charge in [-0.15, -0.1) is 0 Å². The molecular weight excluding hydrogens is 308 g/mol. The molecule has 24 heavy (non-hydrogen) atoms. The van der Waals surface area contributed by atoms with E-state index < -0.39 is 6.10 Å². The lowest BCUT2D eigenvalue weighted by Gasteiger charge is -2.22. The molecule has 7 nitrogen and oxygen atoms in total. The van der Waals surface area contributed by atoms with Crippen LogP contribution in [0.2, 0.25) is 0 Å². The number of hydrogen-bond acceptors (Lipinski definition) is 5. The summed E-state index contributed by atoms with van der Waals surface area (Å²) < 4.78 is 7.12. The summed E-state index contributed by atoms with van der Waals surface area (Å²) in [6, 6.07) is 9.54. The average Bonchev–Trinajstić information content (AvgIpc) is 3.26. The SMILES string of the molecule is Cc1noc([C@H]2C[C@@H](O)CN2C(=O)Cn2ccc3ccccc32)n1. The molecule has 1 N–H and O–H groups in total. The Morgan fingerprint density at radius 1 is 1.38 bits per heavy atom. The number of aryl methyl sites for hydroxylation is 1. The molecule has 0 spiro atoms. The minimum atomic E-state index is -0.576. The third-order valence-electron chi connectivity index (χ3n) is 4.41. The van der Waals surface area contributed by atoms with Crippen molar-refractivity contribution in [1.29, 1.82) is 0 Å². The number of aromatic nitrogens is 3. The van der Waals surface area contributed by atoms with E-state index >= 15 is 0 Å². The summed E-state index contributed by atoms with van der Waals surface area (Å²) in [4.78, 5) is 18.6. The van der Waals surface area contributed by atoms with Crippen LogP contribution in [-0.2, 0) is 11.3 Å². The number of aliphatic hydroxyl groups excluding tert-OH is 1. The molecule has 1 aliphatic rings. The number of carbonyl (C=O) groups excluding carboxylic acids is 1. The second-order valence-corrected chi connectivity index (χ2v) is 6.13. The average molecular weight is 326 g/mol. The van der Waals surface area contributed by atoms with Crippen LogP contribution in [0.15, 0.2) is 41.1 Å². The lowest BCUT2D eigenvalue weighted by atomic mass is 10.2. The molecule has 1 fully saturated rings. The zero-order valence-corrected chi connectivity index (χ0v) is 13.3. The molecule has 124 valence electrons. The Labute approximate surface area is 138 Å². The van der Waals surface area contributed by atoms with E-state index in [2.05, 4.69) is 10.1 Å². The van der Waals surface area contributed by atoms with E-state index in [4.69, 9.17) is 4.52 Å². The van der Waals surface area contributed by atoms with E-state index in [1.54, 1.807) is 11.8 Å². The normalized spacial score (nSPS) is 20.8. The molecule has 2 atom stereocenters. The fraction of sp³-hybridized carbons (Fsp3) is 0.353. The van der Waals surface area contributed by atoms with E-state index in [0.717, 1.165) is 10.9 Å². The third-order valence-corrected chi connectivity index (χ3v) is 4.41. The molecule has 2 aromatic heterocycles. The lowest BCUT2D eigenvalue weighted by molar-refractivity contribution is -0.133. The van der Waals surface area contributed by atoms with Crippen molar-refractivity contribution in [2.75, 3.05) is 6.54 Å². The summed E-state index contributed by atoms with van der Waals surface area (Å²) in [6.45, 7) is 2.23. The largest absolute Gasteiger partial charge is 0.391 e. The molecule has 0 unspecified atom stereocenters. The highest BCUT2D eigenvalue weighted by atomic mass is 16.5. The monoisotopic (exact) mass is 326 g/mol. The van der Waals surface area contributed by atoms with E-state index in [0.29, 0.717) is 18.1 Å². The van der Waals surface area contributed by atoms with Crippen LogP contribution in [0.25, 0.3) is 10.9 Å². The summed E-state index contributed by atoms with van der Waals surface area (Å²) in [5, 5.41) is 14.9. The van der Waals surface area contributed by atoms with Crippen molar-refractivity contribution in [1.82, 2.24) is 19.6 Å². The smallest absolute Gasteiger partial charge is 0.249 e. The van der Waals surface area contributed by atoms with Crippen LogP contribution in [0.5, 0.6) is 0 Å². The van der Waals surface area contributed by atoms with Gasteiger partial charge in [-0.25, -0.2) is 0 Å². The van der Waals surface area contributed by atoms with Crippen LogP contribution in [-0.4, -0.2) is 43.3 Å². The molecule has 0 bridgehead atoms. The Bertz CT molecular complexity index is 885. The standard InChI is InChI=1S/C17H18N4O3/c1-11-18-17(24-19-11)15-8-13(22)9-21(15)16(23)10-20-7-6-12-4-2-3-5-14(12)20/h2-7,13,15,22H,8-10H2,1H3/t13-,15-/m1/s1. The van der Waals surface area contributed by atoms with Gasteiger partial charge in [0.2, 0.25) is 11.8 Å². The second kappa shape index (κ2) is 5.76. The highest BCUT2D eigenvalue weighted by molar-refractivity contribution is 5.83. The number of rotatable bonds is 3. The van der Waals surface area contributed by atoms with E-state index in [9.17, 15) is 9.90 Å². The first-order valence-electron chi connectivity index (χ1n) is 7.93. The number of carbonyl (C=O) groups is 1. The van der Waals surface area contributed by atoms with E-state index in [1.165, 1.54) is 0 Å². The Balaban J connectivity index is 1.58. The number of β-amino-alcohol motifs (C(OH)–C–C–N with tert-alkyl or cyclic N) is 1. The highest BCUT2D eigenvalue weighted by Gasteiger charge is 2.38. The van der Waals surface area contributed by atoms with Crippen LogP contribution in [0.1, 0.15) is 24.2 Å². The van der Waals surface area contributed by atoms with Gasteiger partial charge in [0.15, 0.2) is 5.82 Å². The second-order valence-electron chi connectivity index (χ2n) is 6.13. The van der Waals surface area contributed by atoms with Crippen LogP contribution in [0.3, 0.4) is 0 Å². The Morgan fingerprint density at radius 2 is 2.21 bits per heavy atom. The van der Waals surface area contributed by atoms with E-state index in [1.807, 2.05) is 41.1 Å². The molecule has 3 aromatic rings. The maximum atomic E-state index is 12.8. The first-order chi connectivity index (χ1) is 11.6. The first kappa shape index (κ1) is 14.9. The first-order valence-corrected chi connectivity index (χ1v) is 7.93. The van der Waals surface area contributed by atoms with Crippen molar-refractivity contribution in [3.8, 4) is 0 Å². The molecule has 4 rings (SSSR count). The molecule has 7 heteroatoms. The third kappa shape index (κ3) is 2.56. The highest BCUT2D eigenvalue weighted by Crippen LogP contribution is 2.31. The van der Waals surface area contributed by atoms with Gasteiger partial charge >= 0.3 is 0 Å². The van der Waals surface area contributed by atoms with Crippen molar-refractivity contribution < 1.29 is 14.4 Å². The van der Waals surface area contributed by atoms with Gasteiger partial charge < -0.3 is 19.1 Å². The topological polar surface area (TPSA) is 84.4 Å². The van der Waals surface area contributed by atoms with Crippen molar-refractivity contribution in [2.45, 2.75) is 32.0 Å². The molecule has 1 aliphatic heterocycles. The zero-order valence-electron chi connectivity index (χ0n) is 13.3. The Hall–Kier alpha value is -2.67. The van der Waals surface area contributed by atoms with Crippen LogP contribution in [0.4, 0.5) is 0 Å².